The molecule has 4 atom stereocenters. The van der Waals surface area contributed by atoms with Crippen molar-refractivity contribution >= 4 is 23.3 Å². The van der Waals surface area contributed by atoms with E-state index in [9.17, 15) is 9.18 Å². The number of fused-ring (bicyclic) bond motifs is 1. The van der Waals surface area contributed by atoms with Gasteiger partial charge in [0.15, 0.2) is 0 Å². The van der Waals surface area contributed by atoms with E-state index in [-0.39, 0.29) is 29.3 Å². The van der Waals surface area contributed by atoms with Gasteiger partial charge >= 0.3 is 0 Å². The van der Waals surface area contributed by atoms with Gasteiger partial charge < -0.3 is 15.1 Å². The number of carbonyl (C=O) groups excluding carboxylic acids is 1. The molecule has 1 N–H and O–H groups in total. The highest BCUT2D eigenvalue weighted by Crippen LogP contribution is 2.44. The van der Waals surface area contributed by atoms with Crippen molar-refractivity contribution in [2.24, 2.45) is 0 Å². The van der Waals surface area contributed by atoms with Gasteiger partial charge in [-0.25, -0.2) is 14.4 Å². The van der Waals surface area contributed by atoms with Crippen molar-refractivity contribution in [3.05, 3.63) is 52.4 Å². The lowest BCUT2D eigenvalue weighted by Crippen LogP contribution is -2.53. The topological polar surface area (TPSA) is 61.4 Å². The number of hydrogen-bond donors (Lipinski definition) is 1. The van der Waals surface area contributed by atoms with Crippen LogP contribution in [0.1, 0.15) is 74.9 Å². The number of piperazine rings is 1. The predicted octanol–water partition coefficient (Wildman–Crippen LogP) is 4.61. The molecule has 34 heavy (non-hydrogen) atoms. The minimum absolute atomic E-state index is 0.0205. The van der Waals surface area contributed by atoms with Crippen molar-refractivity contribution in [2.45, 2.75) is 69.6 Å². The minimum atomic E-state index is -1.02. The van der Waals surface area contributed by atoms with Crippen LogP contribution in [0, 0.1) is 0 Å². The second kappa shape index (κ2) is 9.08. The number of carbonyl (C=O) groups is 1. The van der Waals surface area contributed by atoms with Crippen LogP contribution in [-0.4, -0.2) is 58.5 Å². The predicted molar refractivity (Wildman–Crippen MR) is 132 cm³/mol. The standard InChI is InChI=1S/C26H33ClFN5O/c1-16-14-19(28)23-21(16)24(30-15-29-23)32-10-12-33(13-11-32)25(34)22(17-4-6-18(27)7-5-17)20-8-9-26(2,3)31-20/h4-7,15-16,19-20,22,31H,8-14H2,1-3H3/t16-,19?,20+,22+/m1/s1. The van der Waals surface area contributed by atoms with Crippen LogP contribution >= 0.6 is 11.6 Å². The molecule has 2 aromatic rings. The van der Waals surface area contributed by atoms with Gasteiger partial charge in [-0.15, -0.1) is 0 Å². The summed E-state index contributed by atoms with van der Waals surface area (Å²) in [6, 6.07) is 7.78. The van der Waals surface area contributed by atoms with E-state index in [1.54, 1.807) is 0 Å². The maximum absolute atomic E-state index is 14.4. The van der Waals surface area contributed by atoms with Crippen molar-refractivity contribution in [1.82, 2.24) is 20.2 Å². The van der Waals surface area contributed by atoms with Crippen molar-refractivity contribution in [1.29, 1.82) is 0 Å². The van der Waals surface area contributed by atoms with Crippen molar-refractivity contribution in [3.8, 4) is 0 Å². The number of nitrogens with one attached hydrogen (secondary N) is 1. The average molecular weight is 486 g/mol. The SMILES string of the molecule is C[C@@H]1CC(F)c2ncnc(N3CCN(C(=O)[C@@H](c4ccc(Cl)cc4)[C@@H]4CCC(C)(C)N4)CC3)c21. The number of hydrogen-bond acceptors (Lipinski definition) is 5. The molecule has 3 aliphatic rings. The number of rotatable bonds is 4. The molecule has 1 unspecified atom stereocenters. The molecule has 0 saturated carbocycles. The first kappa shape index (κ1) is 23.5. The van der Waals surface area contributed by atoms with Crippen LogP contribution in [0.3, 0.4) is 0 Å². The molecule has 8 heteroatoms. The summed E-state index contributed by atoms with van der Waals surface area (Å²) in [7, 11) is 0. The fourth-order valence-electron chi connectivity index (χ4n) is 5.88. The van der Waals surface area contributed by atoms with E-state index in [2.05, 4.69) is 34.0 Å². The molecule has 2 saturated heterocycles. The van der Waals surface area contributed by atoms with Gasteiger partial charge in [-0.05, 0) is 56.7 Å². The van der Waals surface area contributed by atoms with E-state index in [0.717, 1.165) is 29.8 Å². The number of anilines is 1. The molecule has 1 amide bonds. The summed E-state index contributed by atoms with van der Waals surface area (Å²) in [5.74, 6) is 0.841. The summed E-state index contributed by atoms with van der Waals surface area (Å²) in [5, 5.41) is 4.36. The van der Waals surface area contributed by atoms with E-state index in [0.29, 0.717) is 43.3 Å². The molecule has 2 fully saturated rings. The van der Waals surface area contributed by atoms with E-state index >= 15 is 0 Å². The summed E-state index contributed by atoms with van der Waals surface area (Å²) in [6.07, 6.45) is 2.92. The van der Waals surface area contributed by atoms with Crippen molar-refractivity contribution < 1.29 is 9.18 Å². The van der Waals surface area contributed by atoms with Crippen LogP contribution < -0.4 is 10.2 Å². The largest absolute Gasteiger partial charge is 0.353 e. The van der Waals surface area contributed by atoms with Crippen LogP contribution in [0.25, 0.3) is 0 Å². The van der Waals surface area contributed by atoms with E-state index in [1.807, 2.05) is 36.1 Å². The first-order valence-corrected chi connectivity index (χ1v) is 12.7. The first-order chi connectivity index (χ1) is 16.2. The lowest BCUT2D eigenvalue weighted by Gasteiger charge is -2.39. The van der Waals surface area contributed by atoms with Crippen LogP contribution in [0.5, 0.6) is 0 Å². The van der Waals surface area contributed by atoms with Gasteiger partial charge in [-0.3, -0.25) is 4.79 Å². The third-order valence-electron chi connectivity index (χ3n) is 7.69. The maximum atomic E-state index is 14.4. The molecule has 3 heterocycles. The van der Waals surface area contributed by atoms with E-state index in [4.69, 9.17) is 11.6 Å². The monoisotopic (exact) mass is 485 g/mol. The van der Waals surface area contributed by atoms with Gasteiger partial charge in [0, 0.05) is 48.3 Å². The lowest BCUT2D eigenvalue weighted by atomic mass is 9.88. The molecule has 0 spiro atoms. The van der Waals surface area contributed by atoms with Crippen molar-refractivity contribution in [3.63, 3.8) is 0 Å². The molecule has 0 bridgehead atoms. The Kier molecular flexibility index (Phi) is 6.27. The number of halogens is 2. The number of nitrogens with zero attached hydrogens (tertiary/aromatic N) is 4. The molecule has 1 aliphatic carbocycles. The van der Waals surface area contributed by atoms with E-state index in [1.165, 1.54) is 6.33 Å². The second-order valence-corrected chi connectivity index (χ2v) is 11.1. The maximum Gasteiger partial charge on any atom is 0.231 e. The van der Waals surface area contributed by atoms with Gasteiger partial charge in [0.05, 0.1) is 11.6 Å². The Labute approximate surface area is 205 Å². The molecule has 6 nitrogen and oxygen atoms in total. The highest BCUT2D eigenvalue weighted by atomic mass is 35.5. The summed E-state index contributed by atoms with van der Waals surface area (Å²) in [4.78, 5) is 26.8. The van der Waals surface area contributed by atoms with Crippen LogP contribution in [0.4, 0.5) is 10.2 Å². The Morgan fingerprint density at radius 3 is 2.53 bits per heavy atom. The Bertz CT molecular complexity index is 1050. The van der Waals surface area contributed by atoms with Crippen LogP contribution in [0.2, 0.25) is 5.02 Å². The van der Waals surface area contributed by atoms with Crippen molar-refractivity contribution in [2.75, 3.05) is 31.1 Å². The second-order valence-electron chi connectivity index (χ2n) is 10.6. The Balaban J connectivity index is 1.33. The summed E-state index contributed by atoms with van der Waals surface area (Å²) < 4.78 is 14.4. The highest BCUT2D eigenvalue weighted by Gasteiger charge is 2.41. The molecule has 5 rings (SSSR count). The molecule has 0 radical (unpaired) electrons. The first-order valence-electron chi connectivity index (χ1n) is 12.3. The molecular formula is C26H33ClFN5O. The Morgan fingerprint density at radius 1 is 1.18 bits per heavy atom. The number of benzene rings is 1. The van der Waals surface area contributed by atoms with Crippen LogP contribution in [-0.2, 0) is 4.79 Å². The third-order valence-corrected chi connectivity index (χ3v) is 7.94. The number of aromatic nitrogens is 2. The molecule has 1 aromatic heterocycles. The lowest BCUT2D eigenvalue weighted by molar-refractivity contribution is -0.133. The summed E-state index contributed by atoms with van der Waals surface area (Å²) in [6.45, 7) is 9.01. The van der Waals surface area contributed by atoms with Gasteiger partial charge in [0.2, 0.25) is 5.91 Å². The molecular weight excluding hydrogens is 453 g/mol. The minimum Gasteiger partial charge on any atom is -0.353 e. The quantitative estimate of drug-likeness (QED) is 0.685. The highest BCUT2D eigenvalue weighted by molar-refractivity contribution is 6.30. The Hall–Kier alpha value is -2.25. The normalized spacial score (nSPS) is 27.0. The zero-order valence-electron chi connectivity index (χ0n) is 20.1. The average Bonchev–Trinajstić information content (AvgIpc) is 3.33. The molecule has 182 valence electrons. The fourth-order valence-corrected chi connectivity index (χ4v) is 6.00. The number of alkyl halides is 1. The summed E-state index contributed by atoms with van der Waals surface area (Å²) >= 11 is 6.13. The van der Waals surface area contributed by atoms with E-state index < -0.39 is 6.17 Å². The third kappa shape index (κ3) is 4.40. The Morgan fingerprint density at radius 2 is 1.88 bits per heavy atom. The van der Waals surface area contributed by atoms with Crippen LogP contribution in [0.15, 0.2) is 30.6 Å². The fraction of sp³-hybridized carbons (Fsp3) is 0.577. The molecule has 1 aromatic carbocycles. The zero-order chi connectivity index (χ0) is 24.0. The zero-order valence-corrected chi connectivity index (χ0v) is 20.9. The summed E-state index contributed by atoms with van der Waals surface area (Å²) in [5.41, 5.74) is 2.50. The van der Waals surface area contributed by atoms with Gasteiger partial charge in [0.1, 0.15) is 18.3 Å². The number of amides is 1. The smallest absolute Gasteiger partial charge is 0.231 e. The van der Waals surface area contributed by atoms with Gasteiger partial charge in [-0.1, -0.05) is 30.7 Å². The molecule has 2 aliphatic heterocycles. The van der Waals surface area contributed by atoms with Gasteiger partial charge in [-0.2, -0.15) is 0 Å². The van der Waals surface area contributed by atoms with Gasteiger partial charge in [0.25, 0.3) is 0 Å².